The van der Waals surface area contributed by atoms with Gasteiger partial charge in [0.2, 0.25) is 0 Å². The van der Waals surface area contributed by atoms with Gasteiger partial charge >= 0.3 is 0 Å². The van der Waals surface area contributed by atoms with Crippen molar-refractivity contribution in [2.75, 3.05) is 6.61 Å². The summed E-state index contributed by atoms with van der Waals surface area (Å²) in [5.74, 6) is 1.08. The van der Waals surface area contributed by atoms with E-state index in [2.05, 4.69) is 39.2 Å². The van der Waals surface area contributed by atoms with E-state index in [9.17, 15) is 5.11 Å². The van der Waals surface area contributed by atoms with Crippen molar-refractivity contribution >= 4 is 0 Å². The minimum absolute atomic E-state index is 0.0878. The Morgan fingerprint density at radius 1 is 1.50 bits per heavy atom. The highest BCUT2D eigenvalue weighted by Gasteiger charge is 2.40. The van der Waals surface area contributed by atoms with Crippen LogP contribution in [0.4, 0.5) is 0 Å². The van der Waals surface area contributed by atoms with Gasteiger partial charge in [0.1, 0.15) is 0 Å². The fraction of sp³-hybridized carbons (Fsp3) is 0.700. The van der Waals surface area contributed by atoms with Crippen LogP contribution in [0.1, 0.15) is 53.4 Å². The summed E-state index contributed by atoms with van der Waals surface area (Å²) in [6.07, 6.45) is 8.64. The first-order valence-electron chi connectivity index (χ1n) is 8.49. The van der Waals surface area contributed by atoms with Crippen LogP contribution < -0.4 is 0 Å². The zero-order valence-electron chi connectivity index (χ0n) is 14.7. The van der Waals surface area contributed by atoms with Crippen molar-refractivity contribution in [1.82, 2.24) is 0 Å². The first-order valence-corrected chi connectivity index (χ1v) is 8.49. The number of allylic oxidation sites excluding steroid dienone is 2. The molecule has 0 aromatic rings. The van der Waals surface area contributed by atoms with Crippen LogP contribution in [0.15, 0.2) is 36.5 Å². The average molecular weight is 304 g/mol. The molecule has 124 valence electrons. The minimum Gasteiger partial charge on any atom is -0.388 e. The second-order valence-corrected chi connectivity index (χ2v) is 8.05. The molecule has 2 heteroatoms. The second kappa shape index (κ2) is 6.33. The monoisotopic (exact) mass is 304 g/mol. The Labute approximate surface area is 136 Å². The van der Waals surface area contributed by atoms with Crippen LogP contribution >= 0.6 is 0 Å². The summed E-state index contributed by atoms with van der Waals surface area (Å²) in [6, 6.07) is 0. The molecule has 0 spiro atoms. The smallest absolute Gasteiger partial charge is 0.0895 e. The van der Waals surface area contributed by atoms with Gasteiger partial charge in [0.25, 0.3) is 0 Å². The summed E-state index contributed by atoms with van der Waals surface area (Å²) in [7, 11) is 0. The molecule has 0 amide bonds. The third-order valence-electron chi connectivity index (χ3n) is 5.77. The summed E-state index contributed by atoms with van der Waals surface area (Å²) in [5, 5.41) is 10.1. The lowest BCUT2D eigenvalue weighted by atomic mass is 9.61. The summed E-state index contributed by atoms with van der Waals surface area (Å²) >= 11 is 0. The van der Waals surface area contributed by atoms with Crippen molar-refractivity contribution in [2.24, 2.45) is 17.3 Å². The van der Waals surface area contributed by atoms with E-state index in [0.29, 0.717) is 18.4 Å². The van der Waals surface area contributed by atoms with Gasteiger partial charge in [-0.1, -0.05) is 31.2 Å². The molecule has 2 rings (SSSR count). The quantitative estimate of drug-likeness (QED) is 0.766. The van der Waals surface area contributed by atoms with E-state index in [0.717, 1.165) is 19.3 Å². The van der Waals surface area contributed by atoms with Crippen molar-refractivity contribution < 1.29 is 9.84 Å². The summed E-state index contributed by atoms with van der Waals surface area (Å²) in [4.78, 5) is 0. The maximum atomic E-state index is 10.1. The van der Waals surface area contributed by atoms with Gasteiger partial charge in [-0.3, -0.25) is 0 Å². The normalized spacial score (nSPS) is 36.6. The van der Waals surface area contributed by atoms with Crippen LogP contribution in [0.5, 0.6) is 0 Å². The molecule has 1 N–H and O–H groups in total. The number of aliphatic hydroxyl groups is 1. The molecule has 4 atom stereocenters. The summed E-state index contributed by atoms with van der Waals surface area (Å²) in [6.45, 7) is 17.0. The van der Waals surface area contributed by atoms with Gasteiger partial charge in [-0.25, -0.2) is 0 Å². The van der Waals surface area contributed by atoms with E-state index in [-0.39, 0.29) is 11.5 Å². The molecule has 22 heavy (non-hydrogen) atoms. The number of hydrogen-bond acceptors (Lipinski definition) is 2. The number of hydrogen-bond donors (Lipinski definition) is 1. The molecule has 1 saturated carbocycles. The highest BCUT2D eigenvalue weighted by atomic mass is 16.5. The summed E-state index contributed by atoms with van der Waals surface area (Å²) < 4.78 is 5.92. The topological polar surface area (TPSA) is 29.5 Å². The number of ether oxygens (including phenoxy) is 1. The molecule has 1 heterocycles. The van der Waals surface area contributed by atoms with Crippen molar-refractivity contribution in [1.29, 1.82) is 0 Å². The summed E-state index contributed by atoms with van der Waals surface area (Å²) in [5.41, 5.74) is 2.08. The molecule has 1 fully saturated rings. The van der Waals surface area contributed by atoms with E-state index in [1.165, 1.54) is 17.6 Å². The zero-order valence-corrected chi connectivity index (χ0v) is 14.7. The van der Waals surface area contributed by atoms with Crippen LogP contribution in [-0.2, 0) is 4.74 Å². The molecular formula is C20H32O2. The second-order valence-electron chi connectivity index (χ2n) is 8.05. The van der Waals surface area contributed by atoms with Gasteiger partial charge in [0.05, 0.1) is 18.3 Å². The molecule has 0 bridgehead atoms. The molecule has 0 saturated heterocycles. The van der Waals surface area contributed by atoms with Crippen molar-refractivity contribution in [3.63, 3.8) is 0 Å². The molecular weight excluding hydrogens is 272 g/mol. The maximum absolute atomic E-state index is 10.1. The van der Waals surface area contributed by atoms with E-state index in [1.54, 1.807) is 0 Å². The lowest BCUT2D eigenvalue weighted by Gasteiger charge is -2.45. The molecule has 1 unspecified atom stereocenters. The Morgan fingerprint density at radius 3 is 2.64 bits per heavy atom. The molecule has 0 aromatic carbocycles. The van der Waals surface area contributed by atoms with Gasteiger partial charge in [-0.15, -0.1) is 6.58 Å². The Hall–Kier alpha value is -0.860. The molecule has 1 aliphatic carbocycles. The van der Waals surface area contributed by atoms with E-state index >= 15 is 0 Å². The highest BCUT2D eigenvalue weighted by molar-refractivity contribution is 5.19. The Balaban J connectivity index is 2.08. The van der Waals surface area contributed by atoms with Gasteiger partial charge in [0.15, 0.2) is 0 Å². The lowest BCUT2D eigenvalue weighted by Crippen LogP contribution is -2.41. The largest absolute Gasteiger partial charge is 0.388 e. The van der Waals surface area contributed by atoms with Crippen LogP contribution in [0.25, 0.3) is 0 Å². The third-order valence-corrected chi connectivity index (χ3v) is 5.77. The van der Waals surface area contributed by atoms with Crippen LogP contribution in [0.2, 0.25) is 0 Å². The fourth-order valence-electron chi connectivity index (χ4n) is 4.04. The average Bonchev–Trinajstić information content (AvgIpc) is 2.46. The molecule has 0 radical (unpaired) electrons. The van der Waals surface area contributed by atoms with Crippen LogP contribution in [0, 0.1) is 17.3 Å². The Kier molecular flexibility index (Phi) is 5.03. The first-order chi connectivity index (χ1) is 10.2. The van der Waals surface area contributed by atoms with Gasteiger partial charge < -0.3 is 9.84 Å². The standard InChI is InChI=1S/C20H32O2/c1-7-20(6)11-10-15(12-17(20)14(2)3)16-8-9-18(22-13-16)19(4,5)21/h7-8,15,17-18,21H,1-2,9-13H2,3-6H3/t15-,17+,18?,20-/m0/s1. The molecule has 1 aliphatic heterocycles. The van der Waals surface area contributed by atoms with Crippen molar-refractivity contribution in [3.05, 3.63) is 36.5 Å². The molecule has 0 aromatic heterocycles. The predicted octanol–water partition coefficient (Wildman–Crippen LogP) is 4.66. The Morgan fingerprint density at radius 2 is 2.18 bits per heavy atom. The lowest BCUT2D eigenvalue weighted by molar-refractivity contribution is -0.0872. The maximum Gasteiger partial charge on any atom is 0.0895 e. The van der Waals surface area contributed by atoms with Crippen LogP contribution in [0.3, 0.4) is 0 Å². The predicted molar refractivity (Wildman–Crippen MR) is 92.7 cm³/mol. The minimum atomic E-state index is -0.768. The van der Waals surface area contributed by atoms with Gasteiger partial charge in [-0.05, 0) is 69.3 Å². The van der Waals surface area contributed by atoms with Crippen molar-refractivity contribution in [3.8, 4) is 0 Å². The van der Waals surface area contributed by atoms with Gasteiger partial charge in [0, 0.05) is 0 Å². The van der Waals surface area contributed by atoms with E-state index in [4.69, 9.17) is 4.74 Å². The Bertz CT molecular complexity index is 469. The van der Waals surface area contributed by atoms with E-state index < -0.39 is 5.60 Å². The van der Waals surface area contributed by atoms with Gasteiger partial charge in [-0.2, -0.15) is 0 Å². The van der Waals surface area contributed by atoms with Crippen molar-refractivity contribution in [2.45, 2.75) is 65.1 Å². The van der Waals surface area contributed by atoms with E-state index in [1.807, 2.05) is 13.8 Å². The molecule has 2 nitrogen and oxygen atoms in total. The number of rotatable bonds is 4. The zero-order chi connectivity index (χ0) is 16.5. The van der Waals surface area contributed by atoms with Crippen LogP contribution in [-0.4, -0.2) is 23.4 Å². The SMILES string of the molecule is C=C[C@@]1(C)CC[C@H](C2=CCC(C(C)(C)O)OC2)C[C@@H]1C(=C)C. The fourth-order valence-corrected chi connectivity index (χ4v) is 4.04. The third kappa shape index (κ3) is 3.55. The molecule has 2 aliphatic rings. The highest BCUT2D eigenvalue weighted by Crippen LogP contribution is 2.49. The first kappa shape index (κ1) is 17.5.